The van der Waals surface area contributed by atoms with Crippen molar-refractivity contribution in [2.24, 2.45) is 0 Å². The molecule has 0 spiro atoms. The van der Waals surface area contributed by atoms with Gasteiger partial charge >= 0.3 is 0 Å². The van der Waals surface area contributed by atoms with Crippen molar-refractivity contribution in [3.05, 3.63) is 35.6 Å². The minimum absolute atomic E-state index is 0.228. The number of aromatic nitrogens is 3. The van der Waals surface area contributed by atoms with E-state index in [0.717, 1.165) is 5.13 Å². The van der Waals surface area contributed by atoms with Crippen molar-refractivity contribution in [2.45, 2.75) is 13.0 Å². The second-order valence-electron chi connectivity index (χ2n) is 2.89. The molecule has 14 heavy (non-hydrogen) atoms. The number of hydrogen-bond donors (Lipinski definition) is 1. The maximum Gasteiger partial charge on any atom is 0.205 e. The van der Waals surface area contributed by atoms with E-state index in [2.05, 4.69) is 27.4 Å². The Bertz CT molecular complexity index is 373. The summed E-state index contributed by atoms with van der Waals surface area (Å²) in [6.07, 6.45) is 3.57. The van der Waals surface area contributed by atoms with E-state index in [1.165, 1.54) is 16.9 Å². The average molecular weight is 206 g/mol. The molecule has 0 saturated heterocycles. The molecular formula is C9H10N4S. The first kappa shape index (κ1) is 9.08. The summed E-state index contributed by atoms with van der Waals surface area (Å²) in [6.45, 7) is 2.08. The van der Waals surface area contributed by atoms with Gasteiger partial charge in [0.2, 0.25) is 5.13 Å². The van der Waals surface area contributed by atoms with Crippen LogP contribution in [0.2, 0.25) is 0 Å². The maximum atomic E-state index is 3.97. The van der Waals surface area contributed by atoms with Crippen molar-refractivity contribution in [1.29, 1.82) is 0 Å². The normalized spacial score (nSPS) is 12.4. The minimum atomic E-state index is 0.228. The lowest BCUT2D eigenvalue weighted by atomic mass is 10.1. The molecule has 0 aliphatic heterocycles. The lowest BCUT2D eigenvalue weighted by molar-refractivity contribution is 0.870. The molecule has 0 saturated carbocycles. The molecule has 0 fully saturated rings. The molecule has 1 atom stereocenters. The Morgan fingerprint density at radius 3 is 2.79 bits per heavy atom. The molecule has 1 N–H and O–H groups in total. The van der Waals surface area contributed by atoms with Gasteiger partial charge in [0.05, 0.1) is 6.04 Å². The highest BCUT2D eigenvalue weighted by Crippen LogP contribution is 2.18. The molecule has 0 aromatic carbocycles. The van der Waals surface area contributed by atoms with Gasteiger partial charge in [-0.1, -0.05) is 11.3 Å². The second kappa shape index (κ2) is 4.15. The van der Waals surface area contributed by atoms with Crippen molar-refractivity contribution in [1.82, 2.24) is 15.2 Å². The topological polar surface area (TPSA) is 50.7 Å². The highest BCUT2D eigenvalue weighted by molar-refractivity contribution is 7.13. The zero-order valence-corrected chi connectivity index (χ0v) is 8.53. The molecule has 5 heteroatoms. The van der Waals surface area contributed by atoms with Crippen LogP contribution in [0, 0.1) is 0 Å². The van der Waals surface area contributed by atoms with Gasteiger partial charge in [-0.2, -0.15) is 0 Å². The van der Waals surface area contributed by atoms with Gasteiger partial charge in [0.1, 0.15) is 5.51 Å². The molecule has 0 amide bonds. The zero-order chi connectivity index (χ0) is 9.80. The molecule has 0 aliphatic carbocycles. The summed E-state index contributed by atoms with van der Waals surface area (Å²) < 4.78 is 0. The summed E-state index contributed by atoms with van der Waals surface area (Å²) in [5.41, 5.74) is 2.90. The third-order valence-electron chi connectivity index (χ3n) is 1.91. The Morgan fingerprint density at radius 2 is 2.14 bits per heavy atom. The van der Waals surface area contributed by atoms with E-state index in [-0.39, 0.29) is 6.04 Å². The van der Waals surface area contributed by atoms with Crippen LogP contribution >= 0.6 is 11.3 Å². The van der Waals surface area contributed by atoms with Crippen molar-refractivity contribution in [3.63, 3.8) is 0 Å². The molecule has 2 rings (SSSR count). The summed E-state index contributed by atoms with van der Waals surface area (Å²) in [5.74, 6) is 0. The lowest BCUT2D eigenvalue weighted by Gasteiger charge is -2.11. The fourth-order valence-electron chi connectivity index (χ4n) is 1.16. The molecular weight excluding hydrogens is 196 g/mol. The van der Waals surface area contributed by atoms with Gasteiger partial charge in [0.25, 0.3) is 0 Å². The van der Waals surface area contributed by atoms with Gasteiger partial charge in [-0.15, -0.1) is 10.2 Å². The molecule has 1 unspecified atom stereocenters. The summed E-state index contributed by atoms with van der Waals surface area (Å²) >= 11 is 1.50. The lowest BCUT2D eigenvalue weighted by Crippen LogP contribution is -2.06. The quantitative estimate of drug-likeness (QED) is 0.835. The highest BCUT2D eigenvalue weighted by atomic mass is 32.1. The Labute approximate surface area is 86.0 Å². The van der Waals surface area contributed by atoms with Gasteiger partial charge in [0.15, 0.2) is 0 Å². The van der Waals surface area contributed by atoms with E-state index < -0.39 is 0 Å². The Kier molecular flexibility index (Phi) is 2.69. The van der Waals surface area contributed by atoms with Crippen LogP contribution in [0.5, 0.6) is 0 Å². The molecule has 2 aromatic rings. The smallest absolute Gasteiger partial charge is 0.205 e. The van der Waals surface area contributed by atoms with Gasteiger partial charge in [-0.05, 0) is 24.6 Å². The monoisotopic (exact) mass is 206 g/mol. The van der Waals surface area contributed by atoms with E-state index in [1.807, 2.05) is 12.1 Å². The van der Waals surface area contributed by atoms with E-state index in [1.54, 1.807) is 17.9 Å². The van der Waals surface area contributed by atoms with E-state index in [9.17, 15) is 0 Å². The molecule has 0 aliphatic rings. The van der Waals surface area contributed by atoms with Crippen LogP contribution in [0.15, 0.2) is 30.0 Å². The number of hydrogen-bond acceptors (Lipinski definition) is 5. The van der Waals surface area contributed by atoms with Crippen molar-refractivity contribution >= 4 is 16.5 Å². The van der Waals surface area contributed by atoms with Crippen LogP contribution in [0.1, 0.15) is 18.5 Å². The Morgan fingerprint density at radius 1 is 1.36 bits per heavy atom. The fourth-order valence-corrected chi connectivity index (χ4v) is 1.69. The summed E-state index contributed by atoms with van der Waals surface area (Å²) in [5, 5.41) is 11.8. The molecule has 2 heterocycles. The van der Waals surface area contributed by atoms with Gasteiger partial charge < -0.3 is 5.32 Å². The maximum absolute atomic E-state index is 3.97. The molecule has 4 nitrogen and oxygen atoms in total. The summed E-state index contributed by atoms with van der Waals surface area (Å²) in [7, 11) is 0. The third kappa shape index (κ3) is 2.05. The second-order valence-corrected chi connectivity index (χ2v) is 3.72. The molecule has 0 radical (unpaired) electrons. The average Bonchev–Trinajstić information content (AvgIpc) is 2.72. The van der Waals surface area contributed by atoms with Crippen LogP contribution in [-0.4, -0.2) is 15.2 Å². The van der Waals surface area contributed by atoms with Crippen molar-refractivity contribution in [2.75, 3.05) is 5.32 Å². The van der Waals surface area contributed by atoms with E-state index in [4.69, 9.17) is 0 Å². The van der Waals surface area contributed by atoms with Gasteiger partial charge in [0, 0.05) is 12.4 Å². The van der Waals surface area contributed by atoms with Crippen LogP contribution in [0.25, 0.3) is 0 Å². The van der Waals surface area contributed by atoms with Crippen LogP contribution in [0.3, 0.4) is 0 Å². The number of rotatable bonds is 3. The fraction of sp³-hybridized carbons (Fsp3) is 0.222. The zero-order valence-electron chi connectivity index (χ0n) is 7.71. The standard InChI is InChI=1S/C9H10N4S/c1-7(8-2-4-10-5-3-8)12-9-13-11-6-14-9/h2-7H,1H3,(H,12,13). The third-order valence-corrected chi connectivity index (χ3v) is 2.53. The van der Waals surface area contributed by atoms with Crippen molar-refractivity contribution < 1.29 is 0 Å². The van der Waals surface area contributed by atoms with Crippen LogP contribution < -0.4 is 5.32 Å². The van der Waals surface area contributed by atoms with E-state index in [0.29, 0.717) is 0 Å². The SMILES string of the molecule is CC(Nc1nncs1)c1ccncc1. The number of pyridine rings is 1. The Balaban J connectivity index is 2.07. The predicted octanol–water partition coefficient (Wildman–Crippen LogP) is 2.11. The molecule has 2 aromatic heterocycles. The summed E-state index contributed by atoms with van der Waals surface area (Å²) in [4.78, 5) is 3.97. The highest BCUT2D eigenvalue weighted by Gasteiger charge is 2.05. The molecule has 72 valence electrons. The van der Waals surface area contributed by atoms with Gasteiger partial charge in [-0.25, -0.2) is 0 Å². The first-order valence-electron chi connectivity index (χ1n) is 4.29. The Hall–Kier alpha value is -1.49. The summed E-state index contributed by atoms with van der Waals surface area (Å²) in [6, 6.07) is 4.20. The minimum Gasteiger partial charge on any atom is -0.354 e. The van der Waals surface area contributed by atoms with Crippen molar-refractivity contribution in [3.8, 4) is 0 Å². The number of nitrogens with zero attached hydrogens (tertiary/aromatic N) is 3. The van der Waals surface area contributed by atoms with Crippen LogP contribution in [0.4, 0.5) is 5.13 Å². The largest absolute Gasteiger partial charge is 0.354 e. The number of nitrogens with one attached hydrogen (secondary N) is 1. The van der Waals surface area contributed by atoms with Gasteiger partial charge in [-0.3, -0.25) is 4.98 Å². The van der Waals surface area contributed by atoms with Crippen LogP contribution in [-0.2, 0) is 0 Å². The first-order chi connectivity index (χ1) is 6.86. The predicted molar refractivity (Wildman–Crippen MR) is 56.2 cm³/mol. The number of anilines is 1. The first-order valence-corrected chi connectivity index (χ1v) is 5.17. The molecule has 0 bridgehead atoms. The van der Waals surface area contributed by atoms with E-state index >= 15 is 0 Å².